The van der Waals surface area contributed by atoms with E-state index in [4.69, 9.17) is 5.73 Å². The minimum atomic E-state index is 0.0381. The fourth-order valence-electron chi connectivity index (χ4n) is 6.42. The highest BCUT2D eigenvalue weighted by atomic mass is 16.1. The van der Waals surface area contributed by atoms with Crippen LogP contribution in [0.25, 0.3) is 16.5 Å². The van der Waals surface area contributed by atoms with Crippen molar-refractivity contribution in [1.29, 1.82) is 0 Å². The van der Waals surface area contributed by atoms with E-state index in [-0.39, 0.29) is 11.7 Å². The van der Waals surface area contributed by atoms with Gasteiger partial charge in [-0.1, -0.05) is 117 Å². The summed E-state index contributed by atoms with van der Waals surface area (Å²) in [4.78, 5) is 14.2. The lowest BCUT2D eigenvalue weighted by molar-refractivity contribution is -0.118. The highest BCUT2D eigenvalue weighted by Crippen LogP contribution is 2.41. The van der Waals surface area contributed by atoms with E-state index >= 15 is 0 Å². The molecule has 5 aromatic rings. The Morgan fingerprint density at radius 1 is 0.841 bits per heavy atom. The molecule has 0 fully saturated rings. The van der Waals surface area contributed by atoms with Crippen LogP contribution in [-0.4, -0.2) is 29.9 Å². The van der Waals surface area contributed by atoms with Crippen molar-refractivity contribution in [2.75, 3.05) is 13.1 Å². The predicted octanol–water partition coefficient (Wildman–Crippen LogP) is 8.21. The quantitative estimate of drug-likeness (QED) is 0.189. The van der Waals surface area contributed by atoms with Crippen LogP contribution in [0.15, 0.2) is 121 Å². The first-order valence-electron chi connectivity index (χ1n) is 15.9. The Morgan fingerprint density at radius 3 is 2.18 bits per heavy atom. The topological polar surface area (TPSA) is 70.9 Å². The molecular weight excluding hydrogens is 538 g/mol. The first kappa shape index (κ1) is 31.2. The maximum absolute atomic E-state index is 10.9. The number of nitrogens with two attached hydrogens (primary N) is 1. The van der Waals surface area contributed by atoms with Gasteiger partial charge in [-0.2, -0.15) is 0 Å². The van der Waals surface area contributed by atoms with Gasteiger partial charge < -0.3 is 16.0 Å². The minimum Gasteiger partial charge on any atom is -0.361 e. The lowest BCUT2D eigenvalue weighted by Crippen LogP contribution is -2.39. The predicted molar refractivity (Wildman–Crippen MR) is 185 cm³/mol. The zero-order chi connectivity index (χ0) is 30.9. The first-order chi connectivity index (χ1) is 21.5. The summed E-state index contributed by atoms with van der Waals surface area (Å²) in [5.74, 6) is 0.776. The zero-order valence-electron chi connectivity index (χ0n) is 26.2. The number of aromatic amines is 1. The molecule has 0 saturated carbocycles. The molecule has 0 saturated heterocycles. The van der Waals surface area contributed by atoms with Crippen LogP contribution in [0.3, 0.4) is 0 Å². The molecule has 226 valence electrons. The number of ketones is 1. The molecule has 0 spiro atoms. The molecule has 4 aromatic carbocycles. The van der Waals surface area contributed by atoms with Gasteiger partial charge in [-0.05, 0) is 84.3 Å². The molecule has 0 radical (unpaired) electrons. The van der Waals surface area contributed by atoms with Crippen LogP contribution in [0.4, 0.5) is 0 Å². The van der Waals surface area contributed by atoms with Crippen molar-refractivity contribution < 1.29 is 4.79 Å². The number of aromatic nitrogens is 1. The molecule has 0 bridgehead atoms. The average molecular weight is 584 g/mol. The minimum absolute atomic E-state index is 0.0381. The van der Waals surface area contributed by atoms with Crippen LogP contribution < -0.4 is 11.1 Å². The van der Waals surface area contributed by atoms with Gasteiger partial charge in [0.15, 0.2) is 0 Å². The zero-order valence-corrected chi connectivity index (χ0v) is 26.2. The Labute approximate surface area is 262 Å². The van der Waals surface area contributed by atoms with Crippen LogP contribution >= 0.6 is 0 Å². The third-order valence-electron chi connectivity index (χ3n) is 9.05. The summed E-state index contributed by atoms with van der Waals surface area (Å²) in [5, 5.41) is 5.06. The number of carbonyl (C=O) groups excluding carboxylic acids is 1. The second-order valence-corrected chi connectivity index (χ2v) is 11.9. The molecule has 7 rings (SSSR count). The Hall–Kier alpha value is -4.25. The molecule has 4 nitrogen and oxygen atoms in total. The van der Waals surface area contributed by atoms with E-state index in [1.165, 1.54) is 39.6 Å². The molecule has 3 unspecified atom stereocenters. The monoisotopic (exact) mass is 583 g/mol. The van der Waals surface area contributed by atoms with Crippen molar-refractivity contribution in [1.82, 2.24) is 10.3 Å². The van der Waals surface area contributed by atoms with Crippen LogP contribution in [0.1, 0.15) is 66.8 Å². The van der Waals surface area contributed by atoms with Gasteiger partial charge in [-0.3, -0.25) is 4.79 Å². The Bertz CT molecular complexity index is 1690. The summed E-state index contributed by atoms with van der Waals surface area (Å²) in [7, 11) is 0. The summed E-state index contributed by atoms with van der Waals surface area (Å²) in [6.45, 7) is 7.71. The highest BCUT2D eigenvalue weighted by Gasteiger charge is 2.32. The van der Waals surface area contributed by atoms with E-state index in [2.05, 4.69) is 90.0 Å². The fraction of sp³-hybridized carbons (Fsp3) is 0.275. The van der Waals surface area contributed by atoms with E-state index < -0.39 is 0 Å². The smallest absolute Gasteiger partial charge is 0.136 e. The fourth-order valence-corrected chi connectivity index (χ4v) is 6.42. The number of H-pyrrole nitrogens is 1. The van der Waals surface area contributed by atoms with Crippen LogP contribution in [0.2, 0.25) is 0 Å². The Balaban J connectivity index is 0.000000143. The molecule has 1 aromatic heterocycles. The summed E-state index contributed by atoms with van der Waals surface area (Å²) in [5.41, 5.74) is 16.8. The Kier molecular flexibility index (Phi) is 10.6. The molecule has 3 atom stereocenters. The highest BCUT2D eigenvalue weighted by molar-refractivity contribution is 5.83. The third kappa shape index (κ3) is 7.27. The van der Waals surface area contributed by atoms with Gasteiger partial charge in [0.1, 0.15) is 5.78 Å². The molecule has 2 aliphatic rings. The van der Waals surface area contributed by atoms with Gasteiger partial charge in [0.05, 0.1) is 0 Å². The number of benzene rings is 4. The van der Waals surface area contributed by atoms with Crippen LogP contribution in [0, 0.1) is 0 Å². The van der Waals surface area contributed by atoms with Crippen LogP contribution in [-0.2, 0) is 17.6 Å². The molecule has 1 aliphatic carbocycles. The maximum Gasteiger partial charge on any atom is 0.136 e. The summed E-state index contributed by atoms with van der Waals surface area (Å²) in [6.07, 6.45) is 5.28. The van der Waals surface area contributed by atoms with Crippen molar-refractivity contribution in [3.63, 3.8) is 0 Å². The molecule has 1 aliphatic heterocycles. The summed E-state index contributed by atoms with van der Waals surface area (Å²) in [6, 6.07) is 38.4. The second kappa shape index (κ2) is 15.0. The SMILES string of the molecule is CC(=O)C(C)c1ccccc1.CC(c1ccccc1)C1NCCC2=C1Cc1ccccc12.NCCc1c[nH]c2ccccc12. The van der Waals surface area contributed by atoms with E-state index in [1.807, 2.05) is 49.5 Å². The van der Waals surface area contributed by atoms with Gasteiger partial charge in [0.2, 0.25) is 0 Å². The molecular formula is C40H45N3O. The number of Topliss-reactive ketones (excluding diaryl/α,β-unsaturated/α-hetero) is 1. The number of nitrogens with one attached hydrogen (secondary N) is 2. The second-order valence-electron chi connectivity index (χ2n) is 11.9. The Morgan fingerprint density at radius 2 is 1.48 bits per heavy atom. The lowest BCUT2D eigenvalue weighted by Gasteiger charge is -2.32. The standard InChI is InChI=1S/C20H21N.C10H12N2.C10H12O/c1-14(15-7-3-2-4-8-15)20-19-13-16-9-5-6-10-17(16)18(19)11-12-21-20;11-6-5-8-7-12-10-4-2-1-3-9(8)10;1-8(9(2)11)10-6-4-3-5-7-10/h2-10,14,20-21H,11-13H2,1H3;1-4,7,12H,5-6,11H2;3-8H,1-2H3. The van der Waals surface area contributed by atoms with Gasteiger partial charge in [0.25, 0.3) is 0 Å². The van der Waals surface area contributed by atoms with Crippen molar-refractivity contribution in [2.45, 2.75) is 57.9 Å². The molecule has 44 heavy (non-hydrogen) atoms. The van der Waals surface area contributed by atoms with E-state index in [1.54, 1.807) is 18.1 Å². The van der Waals surface area contributed by atoms with Crippen molar-refractivity contribution in [3.05, 3.63) is 149 Å². The largest absolute Gasteiger partial charge is 0.361 e. The normalized spacial score (nSPS) is 16.5. The lowest BCUT2D eigenvalue weighted by atomic mass is 9.83. The number of hydrogen-bond acceptors (Lipinski definition) is 3. The molecule has 4 heteroatoms. The van der Waals surface area contributed by atoms with E-state index in [0.717, 1.165) is 24.9 Å². The van der Waals surface area contributed by atoms with Crippen molar-refractivity contribution in [3.8, 4) is 0 Å². The van der Waals surface area contributed by atoms with E-state index in [9.17, 15) is 4.79 Å². The average Bonchev–Trinajstić information content (AvgIpc) is 3.67. The number of para-hydroxylation sites is 1. The molecule has 4 N–H and O–H groups in total. The molecule has 2 heterocycles. The van der Waals surface area contributed by atoms with Gasteiger partial charge in [0, 0.05) is 35.0 Å². The van der Waals surface area contributed by atoms with Crippen LogP contribution in [0.5, 0.6) is 0 Å². The number of rotatable bonds is 6. The number of carbonyl (C=O) groups is 1. The molecule has 0 amide bonds. The van der Waals surface area contributed by atoms with Gasteiger partial charge in [-0.25, -0.2) is 0 Å². The number of hydrogen-bond donors (Lipinski definition) is 3. The first-order valence-corrected chi connectivity index (χ1v) is 15.9. The third-order valence-corrected chi connectivity index (χ3v) is 9.05. The number of fused-ring (bicyclic) bond motifs is 3. The van der Waals surface area contributed by atoms with Crippen molar-refractivity contribution >= 4 is 22.3 Å². The summed E-state index contributed by atoms with van der Waals surface area (Å²) < 4.78 is 0. The van der Waals surface area contributed by atoms with E-state index in [0.29, 0.717) is 18.5 Å². The van der Waals surface area contributed by atoms with Crippen molar-refractivity contribution in [2.24, 2.45) is 5.73 Å². The van der Waals surface area contributed by atoms with Gasteiger partial charge >= 0.3 is 0 Å². The summed E-state index contributed by atoms with van der Waals surface area (Å²) >= 11 is 0. The van der Waals surface area contributed by atoms with Gasteiger partial charge in [-0.15, -0.1) is 0 Å². The maximum atomic E-state index is 10.9.